The Morgan fingerprint density at radius 3 is 2.18 bits per heavy atom. The van der Waals surface area contributed by atoms with Crippen molar-refractivity contribution in [3.8, 4) is 0 Å². The number of hydrogen-bond donors (Lipinski definition) is 1. The number of nitrogens with one attached hydrogen (secondary N) is 1. The molecule has 2 amide bonds. The monoisotopic (exact) mass is 517 g/mol. The summed E-state index contributed by atoms with van der Waals surface area (Å²) < 4.78 is 38.8. The maximum absolute atomic E-state index is 13.2. The standard InChI is InChI=1S/C22H26Cl2FN3O4S/c1-15(22(30)26-2)27(14-18-19(23)6-4-7-20(18)24)21(29)8-5-13-28(33(3,31)32)17-11-9-16(25)10-12-17/h4,6-7,9-12,15H,5,8,13-14H2,1-3H3,(H,26,30)/t15-/m1/s1. The minimum absolute atomic E-state index is 0.00521. The molecule has 0 saturated carbocycles. The van der Waals surface area contributed by atoms with Gasteiger partial charge in [-0.15, -0.1) is 0 Å². The number of rotatable bonds is 10. The second kappa shape index (κ2) is 11.7. The van der Waals surface area contributed by atoms with Gasteiger partial charge in [-0.25, -0.2) is 12.8 Å². The number of hydrogen-bond acceptors (Lipinski definition) is 4. The van der Waals surface area contributed by atoms with Crippen molar-refractivity contribution in [2.24, 2.45) is 0 Å². The fourth-order valence-electron chi connectivity index (χ4n) is 3.26. The Morgan fingerprint density at radius 1 is 1.09 bits per heavy atom. The zero-order chi connectivity index (χ0) is 24.8. The number of likely N-dealkylation sites (N-methyl/N-ethyl adjacent to an activating group) is 1. The summed E-state index contributed by atoms with van der Waals surface area (Å²) >= 11 is 12.5. The average Bonchev–Trinajstić information content (AvgIpc) is 2.75. The highest BCUT2D eigenvalue weighted by atomic mass is 35.5. The molecule has 0 aliphatic carbocycles. The normalized spacial score (nSPS) is 12.2. The van der Waals surface area contributed by atoms with Gasteiger partial charge in [0.25, 0.3) is 0 Å². The Balaban J connectivity index is 2.19. The van der Waals surface area contributed by atoms with Crippen LogP contribution >= 0.6 is 23.2 Å². The summed E-state index contributed by atoms with van der Waals surface area (Å²) in [5.41, 5.74) is 0.804. The highest BCUT2D eigenvalue weighted by Gasteiger charge is 2.27. The van der Waals surface area contributed by atoms with Crippen LogP contribution < -0.4 is 9.62 Å². The van der Waals surface area contributed by atoms with Gasteiger partial charge in [0.05, 0.1) is 11.9 Å². The van der Waals surface area contributed by atoms with E-state index in [0.29, 0.717) is 21.3 Å². The fraction of sp³-hybridized carbons (Fsp3) is 0.364. The van der Waals surface area contributed by atoms with Crippen LogP contribution in [0.5, 0.6) is 0 Å². The second-order valence-electron chi connectivity index (χ2n) is 7.43. The summed E-state index contributed by atoms with van der Waals surface area (Å²) in [5, 5.41) is 3.25. The molecule has 7 nitrogen and oxygen atoms in total. The predicted molar refractivity (Wildman–Crippen MR) is 128 cm³/mol. The molecule has 33 heavy (non-hydrogen) atoms. The Hall–Kier alpha value is -2.36. The van der Waals surface area contributed by atoms with Gasteiger partial charge in [-0.05, 0) is 49.7 Å². The lowest BCUT2D eigenvalue weighted by Crippen LogP contribution is -2.47. The largest absolute Gasteiger partial charge is 0.357 e. The summed E-state index contributed by atoms with van der Waals surface area (Å²) in [5.74, 6) is -1.22. The van der Waals surface area contributed by atoms with Crippen molar-refractivity contribution >= 4 is 50.7 Å². The molecule has 1 N–H and O–H groups in total. The van der Waals surface area contributed by atoms with Gasteiger partial charge in [0.15, 0.2) is 0 Å². The van der Waals surface area contributed by atoms with Crippen LogP contribution in [0, 0.1) is 5.82 Å². The average molecular weight is 518 g/mol. The van der Waals surface area contributed by atoms with Gasteiger partial charge in [-0.2, -0.15) is 0 Å². The van der Waals surface area contributed by atoms with Gasteiger partial charge in [0.2, 0.25) is 21.8 Å². The van der Waals surface area contributed by atoms with Crippen molar-refractivity contribution in [1.29, 1.82) is 0 Å². The summed E-state index contributed by atoms with van der Waals surface area (Å²) in [6.45, 7) is 1.60. The van der Waals surface area contributed by atoms with Crippen LogP contribution in [0.25, 0.3) is 0 Å². The highest BCUT2D eigenvalue weighted by molar-refractivity contribution is 7.92. The molecule has 0 aliphatic heterocycles. The van der Waals surface area contributed by atoms with E-state index < -0.39 is 21.9 Å². The lowest BCUT2D eigenvalue weighted by atomic mass is 10.1. The van der Waals surface area contributed by atoms with Gasteiger partial charge in [0, 0.05) is 42.2 Å². The number of nitrogens with zero attached hydrogens (tertiary/aromatic N) is 2. The first-order valence-corrected chi connectivity index (χ1v) is 12.7. The molecule has 180 valence electrons. The van der Waals surface area contributed by atoms with E-state index in [-0.39, 0.29) is 37.7 Å². The molecule has 0 aliphatic rings. The Bertz CT molecular complexity index is 1080. The lowest BCUT2D eigenvalue weighted by molar-refractivity contribution is -0.140. The fourth-order valence-corrected chi connectivity index (χ4v) is 4.74. The highest BCUT2D eigenvalue weighted by Crippen LogP contribution is 2.27. The smallest absolute Gasteiger partial charge is 0.242 e. The number of carbonyl (C=O) groups is 2. The van der Waals surface area contributed by atoms with Crippen molar-refractivity contribution in [3.63, 3.8) is 0 Å². The Labute approximate surface area is 203 Å². The third-order valence-corrected chi connectivity index (χ3v) is 6.97. The van der Waals surface area contributed by atoms with Crippen LogP contribution in [0.2, 0.25) is 10.0 Å². The van der Waals surface area contributed by atoms with Gasteiger partial charge in [-0.1, -0.05) is 29.3 Å². The van der Waals surface area contributed by atoms with E-state index in [4.69, 9.17) is 23.2 Å². The van der Waals surface area contributed by atoms with Crippen LogP contribution in [0.3, 0.4) is 0 Å². The Kier molecular flexibility index (Phi) is 9.51. The van der Waals surface area contributed by atoms with E-state index in [1.54, 1.807) is 25.1 Å². The third-order valence-electron chi connectivity index (χ3n) is 5.07. The van der Waals surface area contributed by atoms with Crippen LogP contribution in [0.1, 0.15) is 25.3 Å². The molecule has 11 heteroatoms. The topological polar surface area (TPSA) is 86.8 Å². The van der Waals surface area contributed by atoms with E-state index in [0.717, 1.165) is 10.6 Å². The van der Waals surface area contributed by atoms with Crippen LogP contribution in [-0.2, 0) is 26.2 Å². The number of carbonyl (C=O) groups excluding carboxylic acids is 2. The molecule has 0 saturated heterocycles. The van der Waals surface area contributed by atoms with Crippen LogP contribution in [0.4, 0.5) is 10.1 Å². The van der Waals surface area contributed by atoms with Gasteiger partial charge in [0.1, 0.15) is 11.9 Å². The van der Waals surface area contributed by atoms with Crippen LogP contribution in [-0.4, -0.2) is 51.0 Å². The van der Waals surface area contributed by atoms with Gasteiger partial charge >= 0.3 is 0 Å². The van der Waals surface area contributed by atoms with Crippen molar-refractivity contribution in [1.82, 2.24) is 10.2 Å². The van der Waals surface area contributed by atoms with Crippen molar-refractivity contribution in [2.75, 3.05) is 24.2 Å². The lowest BCUT2D eigenvalue weighted by Gasteiger charge is -2.29. The summed E-state index contributed by atoms with van der Waals surface area (Å²) in [6.07, 6.45) is 1.19. The molecule has 2 aromatic carbocycles. The van der Waals surface area contributed by atoms with E-state index in [9.17, 15) is 22.4 Å². The molecule has 0 spiro atoms. The molecular weight excluding hydrogens is 492 g/mol. The summed E-state index contributed by atoms with van der Waals surface area (Å²) in [6, 6.07) is 9.20. The predicted octanol–water partition coefficient (Wildman–Crippen LogP) is 3.84. The molecule has 2 aromatic rings. The maximum atomic E-state index is 13.2. The molecule has 0 radical (unpaired) electrons. The number of amides is 2. The summed E-state index contributed by atoms with van der Waals surface area (Å²) in [4.78, 5) is 26.7. The van der Waals surface area contributed by atoms with Crippen molar-refractivity contribution in [2.45, 2.75) is 32.4 Å². The first-order chi connectivity index (χ1) is 15.5. The molecule has 0 aromatic heterocycles. The molecule has 0 bridgehead atoms. The molecule has 2 rings (SSSR count). The number of anilines is 1. The van der Waals surface area contributed by atoms with E-state index in [1.807, 2.05) is 0 Å². The zero-order valence-corrected chi connectivity index (χ0v) is 20.8. The van der Waals surface area contributed by atoms with Crippen molar-refractivity contribution in [3.05, 3.63) is 63.9 Å². The minimum Gasteiger partial charge on any atom is -0.357 e. The second-order valence-corrected chi connectivity index (χ2v) is 10.1. The Morgan fingerprint density at radius 2 is 1.67 bits per heavy atom. The molecule has 0 unspecified atom stereocenters. The van der Waals surface area contributed by atoms with Gasteiger partial charge in [-0.3, -0.25) is 13.9 Å². The maximum Gasteiger partial charge on any atom is 0.242 e. The zero-order valence-electron chi connectivity index (χ0n) is 18.5. The molecule has 0 fully saturated rings. The molecule has 0 heterocycles. The van der Waals surface area contributed by atoms with Crippen LogP contribution in [0.15, 0.2) is 42.5 Å². The minimum atomic E-state index is -3.66. The number of benzene rings is 2. The number of halogens is 3. The first-order valence-electron chi connectivity index (χ1n) is 10.1. The first kappa shape index (κ1) is 26.9. The number of sulfonamides is 1. The molecule has 1 atom stereocenters. The molecular formula is C22H26Cl2FN3O4S. The van der Waals surface area contributed by atoms with E-state index in [1.165, 1.54) is 36.2 Å². The summed E-state index contributed by atoms with van der Waals surface area (Å²) in [7, 11) is -2.19. The SMILES string of the molecule is CNC(=O)[C@@H](C)N(Cc1c(Cl)cccc1Cl)C(=O)CCCN(c1ccc(F)cc1)S(C)(=O)=O. The quantitative estimate of drug-likeness (QED) is 0.518. The van der Waals surface area contributed by atoms with Gasteiger partial charge < -0.3 is 10.2 Å². The van der Waals surface area contributed by atoms with E-state index in [2.05, 4.69) is 5.32 Å². The third kappa shape index (κ3) is 7.31. The van der Waals surface area contributed by atoms with Crippen molar-refractivity contribution < 1.29 is 22.4 Å². The van der Waals surface area contributed by atoms with E-state index >= 15 is 0 Å².